The topological polar surface area (TPSA) is 76.9 Å². The Bertz CT molecular complexity index is 1490. The van der Waals surface area contributed by atoms with Crippen LogP contribution in [-0.4, -0.2) is 26.5 Å². The Morgan fingerprint density at radius 2 is 1.70 bits per heavy atom. The van der Waals surface area contributed by atoms with Crippen LogP contribution in [0, 0.1) is 13.8 Å². The van der Waals surface area contributed by atoms with Gasteiger partial charge in [-0.25, -0.2) is 4.98 Å². The van der Waals surface area contributed by atoms with Gasteiger partial charge in [0.1, 0.15) is 11.5 Å². The van der Waals surface area contributed by atoms with Crippen LogP contribution in [0.1, 0.15) is 51.9 Å². The second kappa shape index (κ2) is 10.5. The molecule has 2 aromatic heterocycles. The molecular weight excluding hydrogens is 549 g/mol. The van der Waals surface area contributed by atoms with Crippen molar-refractivity contribution >= 4 is 44.2 Å². The molecule has 0 aliphatic carbocycles. The Kier molecular flexibility index (Phi) is 7.49. The SMILES string of the molecule is CCC(=O)Cc1ccc(Cn2nc(C)c(NC(=O)c3cc(C(F)(F)F)nc4ccc(Br)cc34)c2C)cc1. The highest BCUT2D eigenvalue weighted by atomic mass is 79.9. The Labute approximate surface area is 220 Å². The standard InChI is InChI=1S/C27H24BrF3N4O2/c1-4-20(36)11-17-5-7-18(8-6-17)14-35-16(3)25(15(2)34-35)33-26(37)22-13-24(27(29,30)31)32-23-10-9-19(28)12-21(22)23/h5-10,12-13H,4,11,14H2,1-3H3,(H,33,37). The third kappa shape index (κ3) is 5.90. The number of ketones is 1. The molecule has 10 heteroatoms. The van der Waals surface area contributed by atoms with Crippen LogP contribution in [0.2, 0.25) is 0 Å². The first-order valence-electron chi connectivity index (χ1n) is 11.6. The van der Waals surface area contributed by atoms with E-state index in [9.17, 15) is 22.8 Å². The summed E-state index contributed by atoms with van der Waals surface area (Å²) < 4.78 is 42.8. The molecule has 0 aliphatic heterocycles. The van der Waals surface area contributed by atoms with Crippen molar-refractivity contribution in [3.8, 4) is 0 Å². The molecule has 0 spiro atoms. The molecule has 2 aromatic carbocycles. The second-order valence-electron chi connectivity index (χ2n) is 8.76. The molecular formula is C27H24BrF3N4O2. The van der Waals surface area contributed by atoms with Crippen molar-refractivity contribution in [1.29, 1.82) is 0 Å². The van der Waals surface area contributed by atoms with Crippen LogP contribution in [0.25, 0.3) is 10.9 Å². The van der Waals surface area contributed by atoms with E-state index in [-0.39, 0.29) is 16.9 Å². The molecule has 4 rings (SSSR count). The van der Waals surface area contributed by atoms with Crippen LogP contribution in [0.3, 0.4) is 0 Å². The van der Waals surface area contributed by atoms with Crippen molar-refractivity contribution < 1.29 is 22.8 Å². The number of carbonyl (C=O) groups is 2. The molecule has 1 N–H and O–H groups in total. The lowest BCUT2D eigenvalue weighted by molar-refractivity contribution is -0.141. The zero-order chi connectivity index (χ0) is 26.9. The number of amides is 1. The molecule has 0 fully saturated rings. The molecule has 1 amide bonds. The lowest BCUT2D eigenvalue weighted by Gasteiger charge is -2.13. The van der Waals surface area contributed by atoms with Crippen LogP contribution >= 0.6 is 15.9 Å². The van der Waals surface area contributed by atoms with Gasteiger partial charge in [0.15, 0.2) is 0 Å². The van der Waals surface area contributed by atoms with Gasteiger partial charge in [-0.2, -0.15) is 18.3 Å². The minimum atomic E-state index is -4.70. The zero-order valence-corrected chi connectivity index (χ0v) is 22.0. The Balaban J connectivity index is 1.61. The van der Waals surface area contributed by atoms with Crippen molar-refractivity contribution in [1.82, 2.24) is 14.8 Å². The molecule has 2 heterocycles. The molecule has 0 unspecified atom stereocenters. The number of anilines is 1. The lowest BCUT2D eigenvalue weighted by Crippen LogP contribution is -2.17. The number of carbonyl (C=O) groups excluding carboxylic acids is 2. The number of Topliss-reactive ketones (excluding diaryl/α,β-unsaturated/α-hetero) is 1. The van der Waals surface area contributed by atoms with Gasteiger partial charge in [-0.1, -0.05) is 47.1 Å². The van der Waals surface area contributed by atoms with E-state index in [4.69, 9.17) is 0 Å². The van der Waals surface area contributed by atoms with E-state index in [2.05, 4.69) is 31.3 Å². The number of nitrogens with zero attached hydrogens (tertiary/aromatic N) is 3. The largest absolute Gasteiger partial charge is 0.433 e. The quantitative estimate of drug-likeness (QED) is 0.269. The van der Waals surface area contributed by atoms with Crippen molar-refractivity contribution in [2.75, 3.05) is 5.32 Å². The summed E-state index contributed by atoms with van der Waals surface area (Å²) in [5.74, 6) is -0.518. The number of alkyl halides is 3. The predicted molar refractivity (Wildman–Crippen MR) is 139 cm³/mol. The first-order chi connectivity index (χ1) is 17.5. The molecule has 0 saturated heterocycles. The van der Waals surface area contributed by atoms with Crippen molar-refractivity contribution in [2.24, 2.45) is 0 Å². The normalized spacial score (nSPS) is 11.6. The molecule has 6 nitrogen and oxygen atoms in total. The average Bonchev–Trinajstić information content (AvgIpc) is 3.11. The Hall–Kier alpha value is -3.53. The average molecular weight is 573 g/mol. The van der Waals surface area contributed by atoms with Gasteiger partial charge in [0.2, 0.25) is 0 Å². The first-order valence-corrected chi connectivity index (χ1v) is 12.4. The number of aryl methyl sites for hydroxylation is 1. The fourth-order valence-corrected chi connectivity index (χ4v) is 4.39. The van der Waals surface area contributed by atoms with Crippen LogP contribution < -0.4 is 5.32 Å². The highest BCUT2D eigenvalue weighted by Crippen LogP contribution is 2.32. The summed E-state index contributed by atoms with van der Waals surface area (Å²) in [5.41, 5.74) is 2.31. The lowest BCUT2D eigenvalue weighted by atomic mass is 10.1. The van der Waals surface area contributed by atoms with Gasteiger partial charge >= 0.3 is 6.18 Å². The number of benzene rings is 2. The van der Waals surface area contributed by atoms with Crippen LogP contribution in [0.4, 0.5) is 18.9 Å². The van der Waals surface area contributed by atoms with E-state index in [1.807, 2.05) is 31.2 Å². The molecule has 4 aromatic rings. The summed E-state index contributed by atoms with van der Waals surface area (Å²) in [7, 11) is 0. The fourth-order valence-electron chi connectivity index (χ4n) is 4.03. The molecule has 0 atom stereocenters. The van der Waals surface area contributed by atoms with Crippen molar-refractivity contribution in [3.05, 3.63) is 86.8 Å². The molecule has 0 aliphatic rings. The van der Waals surface area contributed by atoms with Crippen LogP contribution in [0.5, 0.6) is 0 Å². The van der Waals surface area contributed by atoms with Gasteiger partial charge in [-0.05, 0) is 49.2 Å². The number of rotatable bonds is 7. The summed E-state index contributed by atoms with van der Waals surface area (Å²) in [5, 5.41) is 7.57. The summed E-state index contributed by atoms with van der Waals surface area (Å²) in [6, 6.07) is 13.0. The highest BCUT2D eigenvalue weighted by molar-refractivity contribution is 9.10. The fraction of sp³-hybridized carbons (Fsp3) is 0.259. The van der Waals surface area contributed by atoms with Crippen molar-refractivity contribution in [2.45, 2.75) is 46.3 Å². The van der Waals surface area contributed by atoms with Gasteiger partial charge in [0.05, 0.1) is 34.7 Å². The van der Waals surface area contributed by atoms with E-state index in [0.29, 0.717) is 46.3 Å². The third-order valence-corrected chi connectivity index (χ3v) is 6.57. The number of fused-ring (bicyclic) bond motifs is 1. The molecule has 192 valence electrons. The highest BCUT2D eigenvalue weighted by Gasteiger charge is 2.34. The van der Waals surface area contributed by atoms with Gasteiger partial charge < -0.3 is 5.32 Å². The van der Waals surface area contributed by atoms with Gasteiger partial charge in [-0.3, -0.25) is 14.3 Å². The second-order valence-corrected chi connectivity index (χ2v) is 9.67. The predicted octanol–water partition coefficient (Wildman–Crippen LogP) is 6.65. The van der Waals surface area contributed by atoms with Crippen LogP contribution in [-0.2, 0) is 23.9 Å². The minimum absolute atomic E-state index is 0.0661. The minimum Gasteiger partial charge on any atom is -0.319 e. The van der Waals surface area contributed by atoms with Gasteiger partial charge in [0.25, 0.3) is 5.91 Å². The smallest absolute Gasteiger partial charge is 0.319 e. The van der Waals surface area contributed by atoms with E-state index in [1.165, 1.54) is 6.07 Å². The number of halogens is 4. The van der Waals surface area contributed by atoms with Crippen LogP contribution in [0.15, 0.2) is 53.0 Å². The maximum absolute atomic E-state index is 13.5. The maximum atomic E-state index is 13.5. The maximum Gasteiger partial charge on any atom is 0.433 e. The van der Waals surface area contributed by atoms with E-state index in [1.54, 1.807) is 30.7 Å². The number of aromatic nitrogens is 3. The number of hydrogen-bond donors (Lipinski definition) is 1. The third-order valence-electron chi connectivity index (χ3n) is 6.08. The molecule has 0 bridgehead atoms. The van der Waals surface area contributed by atoms with E-state index >= 15 is 0 Å². The van der Waals surface area contributed by atoms with Gasteiger partial charge in [-0.15, -0.1) is 0 Å². The zero-order valence-electron chi connectivity index (χ0n) is 20.4. The number of nitrogens with one attached hydrogen (secondary N) is 1. The Morgan fingerprint density at radius 3 is 2.35 bits per heavy atom. The first kappa shape index (κ1) is 26.5. The number of pyridine rings is 1. The van der Waals surface area contributed by atoms with E-state index in [0.717, 1.165) is 17.2 Å². The van der Waals surface area contributed by atoms with Gasteiger partial charge in [0, 0.05) is 22.7 Å². The summed E-state index contributed by atoms with van der Waals surface area (Å²) in [6.07, 6.45) is -3.82. The van der Waals surface area contributed by atoms with Crippen molar-refractivity contribution in [3.63, 3.8) is 0 Å². The molecule has 37 heavy (non-hydrogen) atoms. The molecule has 0 radical (unpaired) electrons. The summed E-state index contributed by atoms with van der Waals surface area (Å²) in [4.78, 5) is 28.6. The van der Waals surface area contributed by atoms with E-state index < -0.39 is 17.8 Å². The number of hydrogen-bond acceptors (Lipinski definition) is 4. The monoisotopic (exact) mass is 572 g/mol. The summed E-state index contributed by atoms with van der Waals surface area (Å²) >= 11 is 3.31. The molecule has 0 saturated carbocycles. The summed E-state index contributed by atoms with van der Waals surface area (Å²) in [6.45, 7) is 5.77. The Morgan fingerprint density at radius 1 is 1.03 bits per heavy atom.